The molecule has 0 saturated heterocycles. The predicted octanol–water partition coefficient (Wildman–Crippen LogP) is 1.05. The van der Waals surface area contributed by atoms with Crippen LogP contribution < -0.4 is 5.32 Å². The van der Waals surface area contributed by atoms with E-state index in [9.17, 15) is 0 Å². The van der Waals surface area contributed by atoms with Crippen molar-refractivity contribution in [1.82, 2.24) is 14.9 Å². The molecule has 1 aliphatic rings. The van der Waals surface area contributed by atoms with Crippen LogP contribution in [-0.4, -0.2) is 9.55 Å². The monoisotopic (exact) mass is 147 g/mol. The third kappa shape index (κ3) is 1.17. The van der Waals surface area contributed by atoms with E-state index in [0.717, 1.165) is 0 Å². The summed E-state index contributed by atoms with van der Waals surface area (Å²) < 4.78 is 2.00. The summed E-state index contributed by atoms with van der Waals surface area (Å²) in [5, 5.41) is 3.18. The third-order valence-corrected chi connectivity index (χ3v) is 1.61. The second kappa shape index (κ2) is 2.62. The highest BCUT2D eigenvalue weighted by molar-refractivity contribution is 5.10. The Hall–Kier alpha value is -1.51. The molecular formula is C8H9N3. The molecule has 56 valence electrons. The Kier molecular flexibility index (Phi) is 1.48. The van der Waals surface area contributed by atoms with Crippen molar-refractivity contribution in [2.45, 2.75) is 6.17 Å². The highest BCUT2D eigenvalue weighted by Crippen LogP contribution is 2.06. The van der Waals surface area contributed by atoms with Crippen molar-refractivity contribution in [3.05, 3.63) is 43.1 Å². The number of imidazole rings is 1. The van der Waals surface area contributed by atoms with Crippen molar-refractivity contribution in [1.29, 1.82) is 0 Å². The summed E-state index contributed by atoms with van der Waals surface area (Å²) in [6, 6.07) is 0. The molecule has 2 heterocycles. The van der Waals surface area contributed by atoms with Gasteiger partial charge < -0.3 is 9.88 Å². The van der Waals surface area contributed by atoms with E-state index in [2.05, 4.69) is 16.4 Å². The highest BCUT2D eigenvalue weighted by Gasteiger charge is 2.03. The molecule has 1 N–H and O–H groups in total. The standard InChI is InChI=1S/C8H9N3/c1-2-4-10-8(3-1)11-6-5-9-7-11/h1-8,10H. The van der Waals surface area contributed by atoms with Gasteiger partial charge in [0.25, 0.3) is 0 Å². The third-order valence-electron chi connectivity index (χ3n) is 1.61. The van der Waals surface area contributed by atoms with Crippen molar-refractivity contribution in [3.8, 4) is 0 Å². The van der Waals surface area contributed by atoms with Gasteiger partial charge in [0.1, 0.15) is 6.17 Å². The zero-order valence-corrected chi connectivity index (χ0v) is 6.01. The van der Waals surface area contributed by atoms with E-state index in [1.807, 2.05) is 29.1 Å². The van der Waals surface area contributed by atoms with Crippen molar-refractivity contribution in [2.24, 2.45) is 0 Å². The number of nitrogens with one attached hydrogen (secondary N) is 1. The molecule has 1 unspecified atom stereocenters. The average molecular weight is 147 g/mol. The van der Waals surface area contributed by atoms with E-state index in [1.165, 1.54) is 0 Å². The summed E-state index contributed by atoms with van der Waals surface area (Å²) >= 11 is 0. The van der Waals surface area contributed by atoms with E-state index in [4.69, 9.17) is 0 Å². The molecule has 0 radical (unpaired) electrons. The van der Waals surface area contributed by atoms with Gasteiger partial charge in [0, 0.05) is 12.4 Å². The smallest absolute Gasteiger partial charge is 0.123 e. The van der Waals surface area contributed by atoms with E-state index < -0.39 is 0 Å². The number of hydrogen-bond donors (Lipinski definition) is 1. The first kappa shape index (κ1) is 6.22. The molecule has 11 heavy (non-hydrogen) atoms. The summed E-state index contributed by atoms with van der Waals surface area (Å²) in [5.41, 5.74) is 0. The van der Waals surface area contributed by atoms with Gasteiger partial charge in [0.05, 0.1) is 6.33 Å². The summed E-state index contributed by atoms with van der Waals surface area (Å²) in [4.78, 5) is 3.96. The van der Waals surface area contributed by atoms with Gasteiger partial charge in [-0.05, 0) is 18.4 Å². The lowest BCUT2D eigenvalue weighted by Crippen LogP contribution is -2.20. The fourth-order valence-corrected chi connectivity index (χ4v) is 1.05. The van der Waals surface area contributed by atoms with Crippen molar-refractivity contribution in [3.63, 3.8) is 0 Å². The minimum Gasteiger partial charge on any atom is -0.368 e. The molecule has 0 fully saturated rings. The number of hydrogen-bond acceptors (Lipinski definition) is 2. The molecule has 2 rings (SSSR count). The maximum absolute atomic E-state index is 3.96. The molecule has 0 spiro atoms. The Balaban J connectivity index is 2.19. The molecule has 3 heteroatoms. The van der Waals surface area contributed by atoms with Gasteiger partial charge in [-0.15, -0.1) is 0 Å². The van der Waals surface area contributed by atoms with Gasteiger partial charge in [-0.1, -0.05) is 6.08 Å². The van der Waals surface area contributed by atoms with Crippen LogP contribution in [0.4, 0.5) is 0 Å². The minimum absolute atomic E-state index is 0.225. The number of dihydropyridines is 1. The Bertz CT molecular complexity index is 272. The lowest BCUT2D eigenvalue weighted by atomic mass is 10.3. The number of aromatic nitrogens is 2. The molecule has 0 aromatic carbocycles. The van der Waals surface area contributed by atoms with Gasteiger partial charge >= 0.3 is 0 Å². The van der Waals surface area contributed by atoms with Gasteiger partial charge in [-0.2, -0.15) is 0 Å². The second-order valence-corrected chi connectivity index (χ2v) is 2.37. The second-order valence-electron chi connectivity index (χ2n) is 2.37. The van der Waals surface area contributed by atoms with Crippen LogP contribution in [0.1, 0.15) is 6.17 Å². The Labute approximate surface area is 65.1 Å². The molecule has 0 amide bonds. The van der Waals surface area contributed by atoms with Crippen LogP contribution in [0, 0.1) is 0 Å². The summed E-state index contributed by atoms with van der Waals surface area (Å²) in [6.45, 7) is 0. The SMILES string of the molecule is C1=CNC(n2ccnc2)C=C1. The van der Waals surface area contributed by atoms with Crippen molar-refractivity contribution < 1.29 is 0 Å². The average Bonchev–Trinajstić information content (AvgIpc) is 2.58. The zero-order chi connectivity index (χ0) is 7.52. The fraction of sp³-hybridized carbons (Fsp3) is 0.125. The first-order valence-electron chi connectivity index (χ1n) is 3.54. The van der Waals surface area contributed by atoms with Gasteiger partial charge in [-0.25, -0.2) is 4.98 Å². The molecule has 0 saturated carbocycles. The topological polar surface area (TPSA) is 29.9 Å². The van der Waals surface area contributed by atoms with E-state index in [1.54, 1.807) is 12.5 Å². The lowest BCUT2D eigenvalue weighted by Gasteiger charge is -2.16. The minimum atomic E-state index is 0.225. The maximum Gasteiger partial charge on any atom is 0.123 e. The number of rotatable bonds is 1. The van der Waals surface area contributed by atoms with Crippen LogP contribution in [0.25, 0.3) is 0 Å². The van der Waals surface area contributed by atoms with Gasteiger partial charge in [0.2, 0.25) is 0 Å². The molecule has 3 nitrogen and oxygen atoms in total. The molecule has 0 bridgehead atoms. The van der Waals surface area contributed by atoms with Crippen LogP contribution in [0.2, 0.25) is 0 Å². The molecule has 0 aliphatic carbocycles. The van der Waals surface area contributed by atoms with Crippen molar-refractivity contribution >= 4 is 0 Å². The first-order chi connectivity index (χ1) is 5.47. The highest BCUT2D eigenvalue weighted by atomic mass is 15.2. The Morgan fingerprint density at radius 1 is 1.36 bits per heavy atom. The summed E-state index contributed by atoms with van der Waals surface area (Å²) in [6.07, 6.45) is 13.7. The lowest BCUT2D eigenvalue weighted by molar-refractivity contribution is 0.544. The van der Waals surface area contributed by atoms with Crippen LogP contribution in [0.3, 0.4) is 0 Å². The van der Waals surface area contributed by atoms with Gasteiger partial charge in [0.15, 0.2) is 0 Å². The largest absolute Gasteiger partial charge is 0.368 e. The Morgan fingerprint density at radius 3 is 3.00 bits per heavy atom. The molecule has 1 aromatic rings. The Morgan fingerprint density at radius 2 is 2.36 bits per heavy atom. The maximum atomic E-state index is 3.96. The fourth-order valence-electron chi connectivity index (χ4n) is 1.05. The molecule has 1 aromatic heterocycles. The molecule has 1 aliphatic heterocycles. The zero-order valence-electron chi connectivity index (χ0n) is 6.01. The van der Waals surface area contributed by atoms with Crippen LogP contribution in [0.15, 0.2) is 43.1 Å². The molecule has 1 atom stereocenters. The quantitative estimate of drug-likeness (QED) is 0.643. The van der Waals surface area contributed by atoms with E-state index in [0.29, 0.717) is 0 Å². The van der Waals surface area contributed by atoms with Crippen LogP contribution in [0.5, 0.6) is 0 Å². The summed E-state index contributed by atoms with van der Waals surface area (Å²) in [5.74, 6) is 0. The van der Waals surface area contributed by atoms with Crippen molar-refractivity contribution in [2.75, 3.05) is 0 Å². The van der Waals surface area contributed by atoms with Crippen LogP contribution >= 0.6 is 0 Å². The summed E-state index contributed by atoms with van der Waals surface area (Å²) in [7, 11) is 0. The van der Waals surface area contributed by atoms with Gasteiger partial charge in [-0.3, -0.25) is 0 Å². The molecular weight excluding hydrogens is 138 g/mol. The first-order valence-corrected chi connectivity index (χ1v) is 3.54. The van der Waals surface area contributed by atoms with E-state index >= 15 is 0 Å². The van der Waals surface area contributed by atoms with E-state index in [-0.39, 0.29) is 6.17 Å². The normalized spacial score (nSPS) is 21.6. The number of allylic oxidation sites excluding steroid dienone is 2. The number of nitrogens with zero attached hydrogens (tertiary/aromatic N) is 2. The predicted molar refractivity (Wildman–Crippen MR) is 42.7 cm³/mol. The van der Waals surface area contributed by atoms with Crippen LogP contribution in [-0.2, 0) is 0 Å².